The molecule has 1 aromatic carbocycles. The number of benzene rings is 1. The molecule has 2 rings (SSSR count). The van der Waals surface area contributed by atoms with Crippen LogP contribution in [0, 0.1) is 0 Å². The zero-order chi connectivity index (χ0) is 20.0. The molecule has 1 aromatic rings. The summed E-state index contributed by atoms with van der Waals surface area (Å²) in [5.74, 6) is 0.435. The van der Waals surface area contributed by atoms with Gasteiger partial charge in [0.05, 0.1) is 33.1 Å². The summed E-state index contributed by atoms with van der Waals surface area (Å²) in [6.07, 6.45) is 1.26. The summed E-state index contributed by atoms with van der Waals surface area (Å²) >= 11 is 0. The molecule has 1 amide bonds. The number of carbonyl (C=O) groups is 2. The molecule has 8 nitrogen and oxygen atoms in total. The standard InChI is InChI=1S/C19H28N2O6/c1-5-7-8-27-18(22)15-10-13(20)12-9-16(24-3)17(25-4)11-14(12)21(15)19(23)26-6-2/h9,11,13,15H,5-8,10,20H2,1-4H3/t13-,15+/m0/s1. The first-order chi connectivity index (χ1) is 13.0. The van der Waals surface area contributed by atoms with Gasteiger partial charge in [0, 0.05) is 12.1 Å². The van der Waals surface area contributed by atoms with Gasteiger partial charge in [-0.1, -0.05) is 13.3 Å². The molecule has 0 aromatic heterocycles. The number of esters is 1. The van der Waals surface area contributed by atoms with E-state index in [-0.39, 0.29) is 13.0 Å². The molecule has 0 saturated heterocycles. The number of ether oxygens (including phenoxy) is 4. The molecule has 0 bridgehead atoms. The van der Waals surface area contributed by atoms with Gasteiger partial charge in [0.2, 0.25) is 0 Å². The van der Waals surface area contributed by atoms with E-state index in [2.05, 4.69) is 0 Å². The highest BCUT2D eigenvalue weighted by Gasteiger charge is 2.41. The molecule has 1 aliphatic rings. The van der Waals surface area contributed by atoms with Gasteiger partial charge < -0.3 is 24.7 Å². The number of carbonyl (C=O) groups excluding carboxylic acids is 2. The molecule has 1 aliphatic heterocycles. The average Bonchev–Trinajstić information content (AvgIpc) is 2.66. The normalized spacial score (nSPS) is 18.5. The van der Waals surface area contributed by atoms with Crippen molar-refractivity contribution in [2.24, 2.45) is 5.73 Å². The second kappa shape index (κ2) is 9.45. The first-order valence-electron chi connectivity index (χ1n) is 9.12. The van der Waals surface area contributed by atoms with Crippen molar-refractivity contribution in [2.75, 3.05) is 32.3 Å². The van der Waals surface area contributed by atoms with E-state index in [0.29, 0.717) is 29.4 Å². The van der Waals surface area contributed by atoms with Gasteiger partial charge >= 0.3 is 12.1 Å². The number of hydrogen-bond acceptors (Lipinski definition) is 7. The highest BCUT2D eigenvalue weighted by molar-refractivity contribution is 5.98. The van der Waals surface area contributed by atoms with Crippen LogP contribution in [0.3, 0.4) is 0 Å². The van der Waals surface area contributed by atoms with E-state index in [1.807, 2.05) is 6.92 Å². The van der Waals surface area contributed by atoms with Gasteiger partial charge in [0.15, 0.2) is 11.5 Å². The molecule has 8 heteroatoms. The second-order valence-corrected chi connectivity index (χ2v) is 6.21. The Bertz CT molecular complexity index is 678. The number of nitrogens with two attached hydrogens (primary N) is 1. The SMILES string of the molecule is CCCCOC(=O)[C@H]1C[C@H](N)c2cc(OC)c(OC)cc2N1C(=O)OCC. The lowest BCUT2D eigenvalue weighted by Crippen LogP contribution is -2.51. The van der Waals surface area contributed by atoms with Crippen molar-refractivity contribution in [2.45, 2.75) is 45.2 Å². The maximum Gasteiger partial charge on any atom is 0.415 e. The van der Waals surface area contributed by atoms with E-state index in [9.17, 15) is 9.59 Å². The lowest BCUT2D eigenvalue weighted by molar-refractivity contribution is -0.145. The number of fused-ring (bicyclic) bond motifs is 1. The van der Waals surface area contributed by atoms with Crippen LogP contribution in [0.5, 0.6) is 11.5 Å². The Hall–Kier alpha value is -2.48. The predicted molar refractivity (Wildman–Crippen MR) is 100 cm³/mol. The Kier molecular flexibility index (Phi) is 7.29. The van der Waals surface area contributed by atoms with E-state index in [4.69, 9.17) is 24.7 Å². The van der Waals surface area contributed by atoms with Crippen LogP contribution >= 0.6 is 0 Å². The number of rotatable bonds is 7. The Morgan fingerprint density at radius 3 is 2.41 bits per heavy atom. The van der Waals surface area contributed by atoms with E-state index in [1.165, 1.54) is 19.1 Å². The third-order valence-corrected chi connectivity index (χ3v) is 4.46. The third kappa shape index (κ3) is 4.44. The zero-order valence-electron chi connectivity index (χ0n) is 16.3. The van der Waals surface area contributed by atoms with Crippen LogP contribution in [-0.2, 0) is 14.3 Å². The molecule has 1 heterocycles. The smallest absolute Gasteiger partial charge is 0.415 e. The Labute approximate surface area is 159 Å². The number of unbranched alkanes of at least 4 members (excludes halogenated alkanes) is 1. The van der Waals surface area contributed by atoms with Crippen LogP contribution in [0.15, 0.2) is 12.1 Å². The minimum absolute atomic E-state index is 0.182. The quantitative estimate of drug-likeness (QED) is 0.573. The highest BCUT2D eigenvalue weighted by atomic mass is 16.6. The molecule has 0 aliphatic carbocycles. The molecule has 150 valence electrons. The van der Waals surface area contributed by atoms with Crippen molar-refractivity contribution in [1.82, 2.24) is 0 Å². The zero-order valence-corrected chi connectivity index (χ0v) is 16.3. The van der Waals surface area contributed by atoms with E-state index < -0.39 is 24.1 Å². The van der Waals surface area contributed by atoms with E-state index in [0.717, 1.165) is 12.8 Å². The fourth-order valence-electron chi connectivity index (χ4n) is 3.06. The minimum Gasteiger partial charge on any atom is -0.493 e. The van der Waals surface area contributed by atoms with Crippen LogP contribution in [0.4, 0.5) is 10.5 Å². The predicted octanol–water partition coefficient (Wildman–Crippen LogP) is 2.78. The molecular weight excluding hydrogens is 352 g/mol. The van der Waals surface area contributed by atoms with Crippen molar-refractivity contribution < 1.29 is 28.5 Å². The average molecular weight is 380 g/mol. The maximum absolute atomic E-state index is 12.6. The van der Waals surface area contributed by atoms with Crippen LogP contribution < -0.4 is 20.1 Å². The van der Waals surface area contributed by atoms with Gasteiger partial charge in [0.1, 0.15) is 6.04 Å². The van der Waals surface area contributed by atoms with Crippen molar-refractivity contribution >= 4 is 17.7 Å². The van der Waals surface area contributed by atoms with Gasteiger partial charge in [-0.15, -0.1) is 0 Å². The largest absolute Gasteiger partial charge is 0.493 e. The summed E-state index contributed by atoms with van der Waals surface area (Å²) in [5, 5.41) is 0. The lowest BCUT2D eigenvalue weighted by Gasteiger charge is -2.38. The van der Waals surface area contributed by atoms with Crippen molar-refractivity contribution in [3.63, 3.8) is 0 Å². The molecule has 0 fully saturated rings. The first-order valence-corrected chi connectivity index (χ1v) is 9.12. The van der Waals surface area contributed by atoms with Gasteiger partial charge in [-0.2, -0.15) is 0 Å². The van der Waals surface area contributed by atoms with E-state index >= 15 is 0 Å². The Balaban J connectivity index is 2.47. The number of amides is 1. The van der Waals surface area contributed by atoms with Crippen molar-refractivity contribution in [1.29, 1.82) is 0 Å². The molecular formula is C19H28N2O6. The summed E-state index contributed by atoms with van der Waals surface area (Å²) in [4.78, 5) is 26.6. The number of methoxy groups -OCH3 is 2. The topological polar surface area (TPSA) is 100 Å². The third-order valence-electron chi connectivity index (χ3n) is 4.46. The molecule has 0 radical (unpaired) electrons. The Morgan fingerprint density at radius 2 is 1.81 bits per heavy atom. The molecule has 0 unspecified atom stereocenters. The number of nitrogens with zero attached hydrogens (tertiary/aromatic N) is 1. The first kappa shape index (κ1) is 20.8. The van der Waals surface area contributed by atoms with Gasteiger partial charge in [-0.3, -0.25) is 4.90 Å². The summed E-state index contributed by atoms with van der Waals surface area (Å²) in [7, 11) is 3.02. The lowest BCUT2D eigenvalue weighted by atomic mass is 9.91. The summed E-state index contributed by atoms with van der Waals surface area (Å²) in [6, 6.07) is 2.04. The fraction of sp³-hybridized carbons (Fsp3) is 0.579. The van der Waals surface area contributed by atoms with Gasteiger partial charge in [-0.25, -0.2) is 9.59 Å². The molecule has 2 atom stereocenters. The minimum atomic E-state index is -0.860. The van der Waals surface area contributed by atoms with Crippen LogP contribution in [-0.4, -0.2) is 45.5 Å². The summed E-state index contributed by atoms with van der Waals surface area (Å²) in [6.45, 7) is 4.20. The van der Waals surface area contributed by atoms with Gasteiger partial charge in [0.25, 0.3) is 0 Å². The Morgan fingerprint density at radius 1 is 1.15 bits per heavy atom. The second-order valence-electron chi connectivity index (χ2n) is 6.21. The number of anilines is 1. The summed E-state index contributed by atoms with van der Waals surface area (Å²) in [5.41, 5.74) is 7.44. The maximum atomic E-state index is 12.6. The van der Waals surface area contributed by atoms with E-state index in [1.54, 1.807) is 19.1 Å². The number of hydrogen-bond donors (Lipinski definition) is 1. The van der Waals surface area contributed by atoms with Crippen LogP contribution in [0.25, 0.3) is 0 Å². The van der Waals surface area contributed by atoms with Crippen LogP contribution in [0.2, 0.25) is 0 Å². The van der Waals surface area contributed by atoms with Crippen LogP contribution in [0.1, 0.15) is 44.7 Å². The molecule has 27 heavy (non-hydrogen) atoms. The molecule has 2 N–H and O–H groups in total. The monoisotopic (exact) mass is 380 g/mol. The highest BCUT2D eigenvalue weighted by Crippen LogP contribution is 2.43. The van der Waals surface area contributed by atoms with Crippen molar-refractivity contribution in [3.05, 3.63) is 17.7 Å². The molecule has 0 spiro atoms. The van der Waals surface area contributed by atoms with Crippen molar-refractivity contribution in [3.8, 4) is 11.5 Å². The summed E-state index contributed by atoms with van der Waals surface area (Å²) < 4.78 is 21.2. The van der Waals surface area contributed by atoms with Gasteiger partial charge in [-0.05, 0) is 31.4 Å². The molecule has 0 saturated carbocycles. The fourth-order valence-corrected chi connectivity index (χ4v) is 3.06.